The van der Waals surface area contributed by atoms with Crippen LogP contribution in [-0.4, -0.2) is 36.2 Å². The van der Waals surface area contributed by atoms with Crippen LogP contribution in [0.5, 0.6) is 0 Å². The van der Waals surface area contributed by atoms with E-state index in [0.29, 0.717) is 5.92 Å². The summed E-state index contributed by atoms with van der Waals surface area (Å²) in [6, 6.07) is 7.81. The molecule has 1 heterocycles. The van der Waals surface area contributed by atoms with Crippen molar-refractivity contribution < 1.29 is 14.4 Å². The molecule has 136 valence electrons. The summed E-state index contributed by atoms with van der Waals surface area (Å²) in [6.07, 6.45) is 5.02. The van der Waals surface area contributed by atoms with E-state index in [1.54, 1.807) is 7.05 Å². The molecule has 3 amide bonds. The highest BCUT2D eigenvalue weighted by Gasteiger charge is 2.59. The number of imide groups is 1. The van der Waals surface area contributed by atoms with Crippen molar-refractivity contribution in [3.05, 3.63) is 42.0 Å². The number of rotatable bonds is 4. The average molecular weight is 352 g/mol. The van der Waals surface area contributed by atoms with Gasteiger partial charge in [-0.25, -0.2) is 0 Å². The van der Waals surface area contributed by atoms with E-state index in [2.05, 4.69) is 26.0 Å². The minimum atomic E-state index is -0.250. The zero-order chi connectivity index (χ0) is 18.6. The molecule has 1 aromatic rings. The van der Waals surface area contributed by atoms with Crippen molar-refractivity contribution in [3.8, 4) is 0 Å². The molecule has 2 aliphatic carbocycles. The number of amides is 3. The van der Waals surface area contributed by atoms with Crippen molar-refractivity contribution >= 4 is 23.4 Å². The van der Waals surface area contributed by atoms with Gasteiger partial charge in [0.05, 0.1) is 11.8 Å². The van der Waals surface area contributed by atoms with Gasteiger partial charge in [0, 0.05) is 12.7 Å². The van der Waals surface area contributed by atoms with Crippen LogP contribution in [0.25, 0.3) is 0 Å². The highest BCUT2D eigenvalue weighted by Crippen LogP contribution is 2.52. The van der Waals surface area contributed by atoms with Crippen molar-refractivity contribution in [2.24, 2.45) is 23.7 Å². The average Bonchev–Trinajstić information content (AvgIpc) is 3.31. The molecule has 0 unspecified atom stereocenters. The molecule has 5 nitrogen and oxygen atoms in total. The van der Waals surface area contributed by atoms with Crippen LogP contribution in [0.15, 0.2) is 36.4 Å². The molecule has 2 bridgehead atoms. The second kappa shape index (κ2) is 6.08. The molecule has 4 atom stereocenters. The van der Waals surface area contributed by atoms with Crippen LogP contribution in [0, 0.1) is 23.7 Å². The second-order valence-corrected chi connectivity index (χ2v) is 7.96. The number of hydrogen-bond donors (Lipinski definition) is 0. The number of fused-ring (bicyclic) bond motifs is 5. The first kappa shape index (κ1) is 17.0. The number of carbonyl (C=O) groups excluding carboxylic acids is 3. The van der Waals surface area contributed by atoms with Gasteiger partial charge in [0.1, 0.15) is 6.54 Å². The summed E-state index contributed by atoms with van der Waals surface area (Å²) in [5.74, 6) is -0.386. The van der Waals surface area contributed by atoms with Gasteiger partial charge in [-0.2, -0.15) is 0 Å². The largest absolute Gasteiger partial charge is 0.314 e. The van der Waals surface area contributed by atoms with E-state index in [4.69, 9.17) is 0 Å². The minimum Gasteiger partial charge on any atom is -0.314 e. The molecule has 0 aromatic heterocycles. The molecule has 0 radical (unpaired) electrons. The van der Waals surface area contributed by atoms with Crippen LogP contribution in [0.3, 0.4) is 0 Å². The second-order valence-electron chi connectivity index (χ2n) is 7.96. The summed E-state index contributed by atoms with van der Waals surface area (Å²) in [7, 11) is 1.69. The first-order valence-corrected chi connectivity index (χ1v) is 9.28. The van der Waals surface area contributed by atoms with Crippen LogP contribution in [-0.2, 0) is 14.4 Å². The SMILES string of the molecule is CC(C)c1cccc(N(C)C(=O)CN2C(=O)[C@@H]3[C@H](C2=O)[C@H]2C=C[C@H]3C2)c1. The number of carbonyl (C=O) groups is 3. The molecule has 26 heavy (non-hydrogen) atoms. The third kappa shape index (κ3) is 2.49. The Morgan fingerprint density at radius 3 is 2.35 bits per heavy atom. The summed E-state index contributed by atoms with van der Waals surface area (Å²) in [5, 5.41) is 0. The molecule has 2 fully saturated rings. The third-order valence-electron chi connectivity index (χ3n) is 6.15. The number of nitrogens with zero attached hydrogens (tertiary/aromatic N) is 2. The minimum absolute atomic E-state index is 0.169. The monoisotopic (exact) mass is 352 g/mol. The number of likely N-dealkylation sites (N-methyl/N-ethyl adjacent to an activating group) is 1. The molecule has 0 spiro atoms. The van der Waals surface area contributed by atoms with Crippen molar-refractivity contribution in [3.63, 3.8) is 0 Å². The van der Waals surface area contributed by atoms with Gasteiger partial charge in [0.15, 0.2) is 0 Å². The van der Waals surface area contributed by atoms with Gasteiger partial charge in [-0.05, 0) is 41.9 Å². The van der Waals surface area contributed by atoms with Crippen LogP contribution >= 0.6 is 0 Å². The van der Waals surface area contributed by atoms with Crippen LogP contribution < -0.4 is 4.90 Å². The third-order valence-corrected chi connectivity index (χ3v) is 6.15. The van der Waals surface area contributed by atoms with E-state index in [0.717, 1.165) is 17.7 Å². The van der Waals surface area contributed by atoms with Gasteiger partial charge in [-0.15, -0.1) is 0 Å². The highest BCUT2D eigenvalue weighted by atomic mass is 16.2. The number of benzene rings is 1. The standard InChI is InChI=1S/C21H24N2O3/c1-12(2)13-5-4-6-16(10-13)22(3)17(24)11-23-20(25)18-14-7-8-15(9-14)19(18)21(23)26/h4-8,10,12,14-15,18-19H,9,11H2,1-3H3/t14-,15-,18-,19+/m0/s1. The molecular formula is C21H24N2O3. The van der Waals surface area contributed by atoms with E-state index in [1.165, 1.54) is 9.80 Å². The Morgan fingerprint density at radius 1 is 1.15 bits per heavy atom. The first-order chi connectivity index (χ1) is 12.4. The van der Waals surface area contributed by atoms with E-state index in [-0.39, 0.29) is 47.9 Å². The van der Waals surface area contributed by atoms with Crippen LogP contribution in [0.4, 0.5) is 5.69 Å². The lowest BCUT2D eigenvalue weighted by Gasteiger charge is -2.22. The zero-order valence-electron chi connectivity index (χ0n) is 15.4. The lowest BCUT2D eigenvalue weighted by atomic mass is 9.85. The number of anilines is 1. The van der Waals surface area contributed by atoms with E-state index < -0.39 is 0 Å². The molecule has 1 saturated heterocycles. The first-order valence-electron chi connectivity index (χ1n) is 9.28. The quantitative estimate of drug-likeness (QED) is 0.618. The Morgan fingerprint density at radius 2 is 1.77 bits per heavy atom. The maximum absolute atomic E-state index is 12.7. The van der Waals surface area contributed by atoms with Crippen molar-refractivity contribution in [1.82, 2.24) is 4.90 Å². The fourth-order valence-electron chi connectivity index (χ4n) is 4.60. The van der Waals surface area contributed by atoms with Crippen molar-refractivity contribution in [2.45, 2.75) is 26.2 Å². The van der Waals surface area contributed by atoms with Gasteiger partial charge in [-0.1, -0.05) is 38.1 Å². The molecular weight excluding hydrogens is 328 g/mol. The molecule has 5 heteroatoms. The topological polar surface area (TPSA) is 57.7 Å². The van der Waals surface area contributed by atoms with Crippen molar-refractivity contribution in [2.75, 3.05) is 18.5 Å². The van der Waals surface area contributed by atoms with E-state index >= 15 is 0 Å². The van der Waals surface area contributed by atoms with Crippen molar-refractivity contribution in [1.29, 1.82) is 0 Å². The Hall–Kier alpha value is -2.43. The molecule has 0 N–H and O–H groups in total. The predicted molar refractivity (Wildman–Crippen MR) is 98.4 cm³/mol. The summed E-state index contributed by atoms with van der Waals surface area (Å²) in [6.45, 7) is 4.03. The summed E-state index contributed by atoms with van der Waals surface area (Å²) < 4.78 is 0. The molecule has 1 saturated carbocycles. The lowest BCUT2D eigenvalue weighted by molar-refractivity contribution is -0.143. The van der Waals surface area contributed by atoms with E-state index in [1.807, 2.05) is 24.3 Å². The van der Waals surface area contributed by atoms with Gasteiger partial charge in [-0.3, -0.25) is 19.3 Å². The smallest absolute Gasteiger partial charge is 0.246 e. The normalized spacial score (nSPS) is 29.0. The van der Waals surface area contributed by atoms with Gasteiger partial charge >= 0.3 is 0 Å². The maximum atomic E-state index is 12.7. The highest BCUT2D eigenvalue weighted by molar-refractivity contribution is 6.09. The fourth-order valence-corrected chi connectivity index (χ4v) is 4.60. The summed E-state index contributed by atoms with van der Waals surface area (Å²) in [5.41, 5.74) is 1.93. The summed E-state index contributed by atoms with van der Waals surface area (Å²) in [4.78, 5) is 40.9. The van der Waals surface area contributed by atoms with Gasteiger partial charge in [0.25, 0.3) is 0 Å². The number of allylic oxidation sites excluding steroid dienone is 2. The molecule has 4 rings (SSSR count). The van der Waals surface area contributed by atoms with Gasteiger partial charge < -0.3 is 4.90 Å². The van der Waals surface area contributed by atoms with E-state index in [9.17, 15) is 14.4 Å². The van der Waals surface area contributed by atoms with Crippen LogP contribution in [0.2, 0.25) is 0 Å². The Balaban J connectivity index is 1.49. The molecule has 3 aliphatic rings. The Labute approximate surface area is 153 Å². The Kier molecular flexibility index (Phi) is 3.98. The maximum Gasteiger partial charge on any atom is 0.246 e. The summed E-state index contributed by atoms with van der Waals surface area (Å²) >= 11 is 0. The number of hydrogen-bond acceptors (Lipinski definition) is 3. The number of likely N-dealkylation sites (tertiary alicyclic amines) is 1. The lowest BCUT2D eigenvalue weighted by Crippen LogP contribution is -2.42. The molecule has 1 aromatic carbocycles. The Bertz CT molecular complexity index is 783. The van der Waals surface area contributed by atoms with Crippen LogP contribution in [0.1, 0.15) is 31.7 Å². The van der Waals surface area contributed by atoms with Gasteiger partial charge in [0.2, 0.25) is 17.7 Å². The molecule has 1 aliphatic heterocycles. The zero-order valence-corrected chi connectivity index (χ0v) is 15.4. The predicted octanol–water partition coefficient (Wildman–Crippen LogP) is 2.58. The fraction of sp³-hybridized carbons (Fsp3) is 0.476.